The summed E-state index contributed by atoms with van der Waals surface area (Å²) in [7, 11) is 0. The van der Waals surface area contributed by atoms with Crippen LogP contribution < -0.4 is 5.73 Å². The number of benzene rings is 2. The minimum Gasteiger partial charge on any atom is -0.397 e. The summed E-state index contributed by atoms with van der Waals surface area (Å²) in [5.41, 5.74) is 8.52. The number of rotatable bonds is 1. The van der Waals surface area contributed by atoms with E-state index in [0.29, 0.717) is 22.6 Å². The molecule has 0 amide bonds. The molecule has 3 nitrogen and oxygen atoms in total. The second-order valence-electron chi connectivity index (χ2n) is 4.11. The number of aromatic amines is 1. The van der Waals surface area contributed by atoms with Crippen molar-refractivity contribution < 1.29 is 4.39 Å². The highest BCUT2D eigenvalue weighted by atomic mass is 79.9. The Hall–Kier alpha value is -1.59. The van der Waals surface area contributed by atoms with Crippen molar-refractivity contribution in [2.75, 3.05) is 5.73 Å². The van der Waals surface area contributed by atoms with Gasteiger partial charge in [-0.05, 0) is 30.3 Å². The van der Waals surface area contributed by atoms with E-state index in [4.69, 9.17) is 17.3 Å². The van der Waals surface area contributed by atoms with Gasteiger partial charge in [-0.3, -0.25) is 0 Å². The number of nitrogen functional groups attached to an aromatic ring is 1. The Morgan fingerprint density at radius 2 is 2.05 bits per heavy atom. The summed E-state index contributed by atoms with van der Waals surface area (Å²) in [6.07, 6.45) is 0. The minimum absolute atomic E-state index is 0.0853. The van der Waals surface area contributed by atoms with Gasteiger partial charge in [-0.25, -0.2) is 9.37 Å². The van der Waals surface area contributed by atoms with Crippen LogP contribution in [0.15, 0.2) is 34.8 Å². The van der Waals surface area contributed by atoms with Crippen LogP contribution in [0.4, 0.5) is 10.1 Å². The van der Waals surface area contributed by atoms with Crippen molar-refractivity contribution in [3.63, 3.8) is 0 Å². The van der Waals surface area contributed by atoms with Gasteiger partial charge in [0.1, 0.15) is 17.2 Å². The first-order valence-electron chi connectivity index (χ1n) is 5.45. The first-order valence-corrected chi connectivity index (χ1v) is 6.62. The average molecular weight is 341 g/mol. The van der Waals surface area contributed by atoms with Gasteiger partial charge in [0.2, 0.25) is 0 Å². The van der Waals surface area contributed by atoms with E-state index in [9.17, 15) is 4.39 Å². The molecule has 96 valence electrons. The van der Waals surface area contributed by atoms with Gasteiger partial charge in [-0.2, -0.15) is 0 Å². The molecular weight excluding hydrogens is 333 g/mol. The fourth-order valence-corrected chi connectivity index (χ4v) is 2.48. The summed E-state index contributed by atoms with van der Waals surface area (Å²) < 4.78 is 14.3. The summed E-state index contributed by atoms with van der Waals surface area (Å²) in [6.45, 7) is 0. The van der Waals surface area contributed by atoms with Crippen LogP contribution in [0.25, 0.3) is 22.4 Å². The molecule has 0 unspecified atom stereocenters. The van der Waals surface area contributed by atoms with Gasteiger partial charge in [0.15, 0.2) is 0 Å². The molecule has 1 heterocycles. The molecule has 0 saturated carbocycles. The first kappa shape index (κ1) is 12.4. The maximum Gasteiger partial charge on any atom is 0.142 e. The molecule has 0 saturated heterocycles. The third-order valence-corrected chi connectivity index (χ3v) is 3.54. The predicted molar refractivity (Wildman–Crippen MR) is 78.6 cm³/mol. The summed E-state index contributed by atoms with van der Waals surface area (Å²) in [5.74, 6) is 0.0733. The number of nitrogens with zero attached hydrogens (tertiary/aromatic N) is 1. The predicted octanol–water partition coefficient (Wildman–Crippen LogP) is 4.37. The third kappa shape index (κ3) is 2.19. The average Bonchev–Trinajstić information content (AvgIpc) is 2.76. The molecule has 0 aliphatic rings. The highest BCUT2D eigenvalue weighted by Gasteiger charge is 2.10. The highest BCUT2D eigenvalue weighted by Crippen LogP contribution is 2.28. The van der Waals surface area contributed by atoms with Crippen LogP contribution in [0.3, 0.4) is 0 Å². The quantitative estimate of drug-likeness (QED) is 0.646. The lowest BCUT2D eigenvalue weighted by Gasteiger charge is -1.98. The summed E-state index contributed by atoms with van der Waals surface area (Å²) in [4.78, 5) is 7.49. The molecule has 0 fully saturated rings. The molecular formula is C13H8BrClFN3. The Labute approximate surface area is 121 Å². The zero-order valence-electron chi connectivity index (χ0n) is 9.55. The van der Waals surface area contributed by atoms with E-state index in [1.165, 1.54) is 12.1 Å². The van der Waals surface area contributed by atoms with Crippen molar-refractivity contribution in [1.82, 2.24) is 9.97 Å². The van der Waals surface area contributed by atoms with Gasteiger partial charge in [0.25, 0.3) is 0 Å². The molecule has 0 radical (unpaired) electrons. The number of aromatic nitrogens is 2. The summed E-state index contributed by atoms with van der Waals surface area (Å²) in [5, 5.41) is 0.0853. The minimum atomic E-state index is -0.478. The second kappa shape index (κ2) is 4.51. The second-order valence-corrected chi connectivity index (χ2v) is 5.43. The molecule has 1 aromatic heterocycles. The van der Waals surface area contributed by atoms with Gasteiger partial charge in [0, 0.05) is 10.0 Å². The van der Waals surface area contributed by atoms with Crippen molar-refractivity contribution in [3.05, 3.63) is 45.6 Å². The number of nitrogens with one attached hydrogen (secondary N) is 1. The van der Waals surface area contributed by atoms with Crippen molar-refractivity contribution in [3.8, 4) is 11.4 Å². The van der Waals surface area contributed by atoms with Crippen LogP contribution >= 0.6 is 27.5 Å². The Kier molecular flexibility index (Phi) is 2.95. The van der Waals surface area contributed by atoms with Crippen LogP contribution in [-0.2, 0) is 0 Å². The van der Waals surface area contributed by atoms with Crippen molar-refractivity contribution in [1.29, 1.82) is 0 Å². The molecule has 3 rings (SSSR count). The van der Waals surface area contributed by atoms with E-state index in [0.717, 1.165) is 9.99 Å². The maximum absolute atomic E-state index is 13.5. The largest absolute Gasteiger partial charge is 0.397 e. The molecule has 0 aliphatic carbocycles. The van der Waals surface area contributed by atoms with Gasteiger partial charge >= 0.3 is 0 Å². The van der Waals surface area contributed by atoms with Crippen molar-refractivity contribution in [2.24, 2.45) is 0 Å². The van der Waals surface area contributed by atoms with Crippen LogP contribution in [0.1, 0.15) is 0 Å². The lowest BCUT2D eigenvalue weighted by Crippen LogP contribution is -1.86. The summed E-state index contributed by atoms with van der Waals surface area (Å²) in [6, 6.07) is 8.18. The number of fused-ring (bicyclic) bond motifs is 1. The number of hydrogen-bond donors (Lipinski definition) is 2. The fraction of sp³-hybridized carbons (Fsp3) is 0. The molecule has 0 spiro atoms. The van der Waals surface area contributed by atoms with Crippen LogP contribution in [0.5, 0.6) is 0 Å². The molecule has 0 aliphatic heterocycles. The van der Waals surface area contributed by atoms with Crippen LogP contribution in [0, 0.1) is 5.82 Å². The third-order valence-electron chi connectivity index (χ3n) is 2.77. The van der Waals surface area contributed by atoms with Crippen molar-refractivity contribution >= 4 is 44.3 Å². The highest BCUT2D eigenvalue weighted by molar-refractivity contribution is 9.10. The topological polar surface area (TPSA) is 54.7 Å². The van der Waals surface area contributed by atoms with E-state index in [-0.39, 0.29) is 5.02 Å². The van der Waals surface area contributed by atoms with Gasteiger partial charge < -0.3 is 10.7 Å². The van der Waals surface area contributed by atoms with Crippen molar-refractivity contribution in [2.45, 2.75) is 0 Å². The zero-order valence-corrected chi connectivity index (χ0v) is 11.9. The maximum atomic E-state index is 13.5. The lowest BCUT2D eigenvalue weighted by atomic mass is 10.2. The van der Waals surface area contributed by atoms with Gasteiger partial charge in [0.05, 0.1) is 16.2 Å². The van der Waals surface area contributed by atoms with Crippen LogP contribution in [-0.4, -0.2) is 9.97 Å². The number of nitrogens with two attached hydrogens (primary N) is 1. The zero-order chi connectivity index (χ0) is 13.6. The SMILES string of the molecule is Nc1cc(Br)cc2[nH]c(-c3ccc(Cl)c(F)c3)nc12. The number of anilines is 1. The standard InChI is InChI=1S/C13H8BrClFN3/c14-7-4-10(17)12-11(5-7)18-13(19-12)6-1-2-8(15)9(16)3-6/h1-5H,17H2,(H,18,19). The fourth-order valence-electron chi connectivity index (χ4n) is 1.89. The lowest BCUT2D eigenvalue weighted by molar-refractivity contribution is 0.628. The van der Waals surface area contributed by atoms with Crippen LogP contribution in [0.2, 0.25) is 5.02 Å². The molecule has 2 aromatic carbocycles. The molecule has 0 atom stereocenters. The molecule has 6 heteroatoms. The van der Waals surface area contributed by atoms with E-state index >= 15 is 0 Å². The number of hydrogen-bond acceptors (Lipinski definition) is 2. The Morgan fingerprint density at radius 3 is 2.79 bits per heavy atom. The molecule has 3 aromatic rings. The number of halogens is 3. The van der Waals surface area contributed by atoms with Gasteiger partial charge in [-0.15, -0.1) is 0 Å². The summed E-state index contributed by atoms with van der Waals surface area (Å²) >= 11 is 9.03. The van der Waals surface area contributed by atoms with E-state index in [2.05, 4.69) is 25.9 Å². The Bertz CT molecular complexity index is 785. The van der Waals surface area contributed by atoms with E-state index < -0.39 is 5.82 Å². The normalized spacial score (nSPS) is 11.1. The van der Waals surface area contributed by atoms with E-state index in [1.54, 1.807) is 12.1 Å². The number of imidazole rings is 1. The van der Waals surface area contributed by atoms with Gasteiger partial charge in [-0.1, -0.05) is 27.5 Å². The monoisotopic (exact) mass is 339 g/mol. The Morgan fingerprint density at radius 1 is 1.26 bits per heavy atom. The van der Waals surface area contributed by atoms with E-state index in [1.807, 2.05) is 6.07 Å². The smallest absolute Gasteiger partial charge is 0.142 e. The molecule has 3 N–H and O–H groups in total. The molecule has 0 bridgehead atoms. The molecule has 19 heavy (non-hydrogen) atoms. The Balaban J connectivity index is 2.20. The first-order chi connectivity index (χ1) is 9.04. The number of H-pyrrole nitrogens is 1.